The highest BCUT2D eigenvalue weighted by molar-refractivity contribution is 9.10. The number of hydrogen-bond acceptors (Lipinski definition) is 5. The first-order valence-electron chi connectivity index (χ1n) is 7.29. The summed E-state index contributed by atoms with van der Waals surface area (Å²) in [5.74, 6) is -0.429. The fourth-order valence-electron chi connectivity index (χ4n) is 3.07. The maximum atomic E-state index is 13.6. The molecule has 1 aromatic rings. The van der Waals surface area contributed by atoms with E-state index in [1.807, 2.05) is 0 Å². The van der Waals surface area contributed by atoms with Gasteiger partial charge in [0.15, 0.2) is 5.78 Å². The third kappa shape index (κ3) is 2.91. The number of benzene rings is 1. The van der Waals surface area contributed by atoms with E-state index in [0.29, 0.717) is 38.4 Å². The van der Waals surface area contributed by atoms with Gasteiger partial charge in [0.05, 0.1) is 22.9 Å². The molecule has 0 fully saturated rings. The zero-order valence-electron chi connectivity index (χ0n) is 13.1. The van der Waals surface area contributed by atoms with Crippen LogP contribution in [0.3, 0.4) is 0 Å². The molecule has 0 radical (unpaired) electrons. The predicted octanol–water partition coefficient (Wildman–Crippen LogP) is 3.29. The third-order valence-electron chi connectivity index (χ3n) is 4.11. The van der Waals surface area contributed by atoms with Gasteiger partial charge >= 0.3 is 5.97 Å². The molecule has 0 saturated heterocycles. The summed E-state index contributed by atoms with van der Waals surface area (Å²) in [4.78, 5) is 24.9. The Morgan fingerprint density at radius 1 is 1.42 bits per heavy atom. The molecule has 0 amide bonds. The van der Waals surface area contributed by atoms with E-state index in [9.17, 15) is 14.0 Å². The Labute approximate surface area is 151 Å². The Kier molecular flexibility index (Phi) is 4.83. The van der Waals surface area contributed by atoms with Gasteiger partial charge in [0.1, 0.15) is 5.82 Å². The predicted molar refractivity (Wildman–Crippen MR) is 94.1 cm³/mol. The lowest BCUT2D eigenvalue weighted by atomic mass is 9.79. The molecule has 1 unspecified atom stereocenters. The normalized spacial score (nSPS) is 20.7. The minimum absolute atomic E-state index is 0.0203. The van der Waals surface area contributed by atoms with Crippen LogP contribution in [0.15, 0.2) is 45.2 Å². The van der Waals surface area contributed by atoms with Crippen LogP contribution >= 0.6 is 27.7 Å². The van der Waals surface area contributed by atoms with Crippen molar-refractivity contribution in [3.8, 4) is 0 Å². The van der Waals surface area contributed by atoms with Crippen LogP contribution in [0.25, 0.3) is 0 Å². The van der Waals surface area contributed by atoms with Crippen molar-refractivity contribution < 1.29 is 18.7 Å². The zero-order valence-corrected chi connectivity index (χ0v) is 15.5. The Balaban J connectivity index is 2.21. The monoisotopic (exact) mass is 411 g/mol. The number of rotatable bonds is 2. The Hall–Kier alpha value is -1.60. The number of thioether (sulfide) groups is 1. The van der Waals surface area contributed by atoms with Crippen LogP contribution in [0.1, 0.15) is 18.4 Å². The number of carbonyl (C=O) groups is 2. The standard InChI is InChI=1S/C17H15BrFNO3S/c1-8-14(17(22)23-2)15(9-3-4-11(19)10(18)5-9)16-12(20-8)6-24-7-13(16)21/h3-5,15,20H,6-7H2,1-2H3. The number of carbonyl (C=O) groups excluding carboxylic acids is 2. The second-order valence-corrected chi connectivity index (χ2v) is 7.41. The average molecular weight is 412 g/mol. The molecular formula is C17H15BrFNO3S. The number of nitrogens with one attached hydrogen (secondary N) is 1. The fourth-order valence-corrected chi connectivity index (χ4v) is 4.34. The molecule has 2 aliphatic rings. The molecule has 2 aliphatic heterocycles. The van der Waals surface area contributed by atoms with Gasteiger partial charge in [-0.1, -0.05) is 6.07 Å². The van der Waals surface area contributed by atoms with Crippen molar-refractivity contribution in [2.24, 2.45) is 0 Å². The molecule has 0 saturated carbocycles. The Bertz CT molecular complexity index is 803. The fraction of sp³-hybridized carbons (Fsp3) is 0.294. The van der Waals surface area contributed by atoms with E-state index in [0.717, 1.165) is 5.70 Å². The number of Topliss-reactive ketones (excluding diaryl/α,β-unsaturated/α-hetero) is 1. The van der Waals surface area contributed by atoms with Crippen molar-refractivity contribution in [2.45, 2.75) is 12.8 Å². The van der Waals surface area contributed by atoms with E-state index in [1.54, 1.807) is 19.1 Å². The van der Waals surface area contributed by atoms with E-state index in [-0.39, 0.29) is 5.78 Å². The maximum Gasteiger partial charge on any atom is 0.336 e. The lowest BCUT2D eigenvalue weighted by Crippen LogP contribution is -2.35. The number of hydrogen-bond donors (Lipinski definition) is 1. The van der Waals surface area contributed by atoms with Gasteiger partial charge in [-0.3, -0.25) is 4.79 Å². The molecule has 4 nitrogen and oxygen atoms in total. The minimum atomic E-state index is -0.556. The van der Waals surface area contributed by atoms with Gasteiger partial charge in [-0.15, -0.1) is 11.8 Å². The smallest absolute Gasteiger partial charge is 0.336 e. The van der Waals surface area contributed by atoms with Crippen LogP contribution in [0, 0.1) is 5.82 Å². The molecule has 1 N–H and O–H groups in total. The number of ether oxygens (including phenoxy) is 1. The summed E-state index contributed by atoms with van der Waals surface area (Å²) < 4.78 is 18.8. The van der Waals surface area contributed by atoms with Crippen molar-refractivity contribution in [3.63, 3.8) is 0 Å². The van der Waals surface area contributed by atoms with Gasteiger partial charge in [0.2, 0.25) is 0 Å². The summed E-state index contributed by atoms with van der Waals surface area (Å²) >= 11 is 4.71. The van der Waals surface area contributed by atoms with E-state index < -0.39 is 17.7 Å². The number of methoxy groups -OCH3 is 1. The molecule has 1 atom stereocenters. The summed E-state index contributed by atoms with van der Waals surface area (Å²) in [6.07, 6.45) is 0. The first kappa shape index (κ1) is 17.2. The van der Waals surface area contributed by atoms with Gasteiger partial charge in [-0.2, -0.15) is 0 Å². The van der Waals surface area contributed by atoms with Crippen molar-refractivity contribution >= 4 is 39.4 Å². The van der Waals surface area contributed by atoms with E-state index in [4.69, 9.17) is 4.74 Å². The highest BCUT2D eigenvalue weighted by Crippen LogP contribution is 2.42. The van der Waals surface area contributed by atoms with Gasteiger partial charge in [0.25, 0.3) is 0 Å². The summed E-state index contributed by atoms with van der Waals surface area (Å²) in [6.45, 7) is 1.78. The molecular weight excluding hydrogens is 397 g/mol. The van der Waals surface area contributed by atoms with Gasteiger partial charge in [-0.25, -0.2) is 9.18 Å². The number of halogens is 2. The van der Waals surface area contributed by atoms with Crippen molar-refractivity contribution in [2.75, 3.05) is 18.6 Å². The molecule has 24 heavy (non-hydrogen) atoms. The SMILES string of the molecule is COC(=O)C1=C(C)NC2=C(C(=O)CSC2)C1c1ccc(F)c(Br)c1. The summed E-state index contributed by atoms with van der Waals surface area (Å²) in [5, 5.41) is 3.17. The number of ketones is 1. The molecule has 2 heterocycles. The van der Waals surface area contributed by atoms with Crippen LogP contribution in [-0.4, -0.2) is 30.4 Å². The summed E-state index contributed by atoms with van der Waals surface area (Å²) in [6, 6.07) is 4.54. The molecule has 1 aromatic carbocycles. The largest absolute Gasteiger partial charge is 0.466 e. The second kappa shape index (κ2) is 6.72. The van der Waals surface area contributed by atoms with Gasteiger partial charge in [-0.05, 0) is 40.5 Å². The maximum absolute atomic E-state index is 13.6. The summed E-state index contributed by atoms with van der Waals surface area (Å²) in [7, 11) is 1.31. The lowest BCUT2D eigenvalue weighted by molar-refractivity contribution is -0.136. The number of allylic oxidation sites excluding steroid dienone is 2. The van der Waals surface area contributed by atoms with E-state index >= 15 is 0 Å². The molecule has 0 bridgehead atoms. The molecule has 126 valence electrons. The van der Waals surface area contributed by atoms with Gasteiger partial charge < -0.3 is 10.1 Å². The zero-order chi connectivity index (χ0) is 17.4. The molecule has 0 aliphatic carbocycles. The highest BCUT2D eigenvalue weighted by Gasteiger charge is 2.39. The van der Waals surface area contributed by atoms with Crippen molar-refractivity contribution in [3.05, 3.63) is 56.6 Å². The molecule has 0 spiro atoms. The minimum Gasteiger partial charge on any atom is -0.466 e. The third-order valence-corrected chi connectivity index (χ3v) is 5.67. The summed E-state index contributed by atoms with van der Waals surface area (Å²) in [5.41, 5.74) is 3.10. The second-order valence-electron chi connectivity index (χ2n) is 5.57. The van der Waals surface area contributed by atoms with Crippen molar-refractivity contribution in [1.29, 1.82) is 0 Å². The van der Waals surface area contributed by atoms with E-state index in [2.05, 4.69) is 21.2 Å². The Morgan fingerprint density at radius 3 is 2.83 bits per heavy atom. The number of dihydropyridines is 1. The van der Waals surface area contributed by atoms with Crippen molar-refractivity contribution in [1.82, 2.24) is 5.32 Å². The van der Waals surface area contributed by atoms with Crippen LogP contribution in [0.4, 0.5) is 4.39 Å². The topological polar surface area (TPSA) is 55.4 Å². The lowest BCUT2D eigenvalue weighted by Gasteiger charge is -2.33. The Morgan fingerprint density at radius 2 is 2.17 bits per heavy atom. The molecule has 7 heteroatoms. The van der Waals surface area contributed by atoms with Crippen LogP contribution in [-0.2, 0) is 14.3 Å². The highest BCUT2D eigenvalue weighted by atomic mass is 79.9. The van der Waals surface area contributed by atoms with Gasteiger partial charge in [0, 0.05) is 28.6 Å². The average Bonchev–Trinajstić information content (AvgIpc) is 2.55. The van der Waals surface area contributed by atoms with Crippen LogP contribution in [0.2, 0.25) is 0 Å². The molecule has 0 aromatic heterocycles. The number of esters is 1. The van der Waals surface area contributed by atoms with E-state index in [1.165, 1.54) is 24.9 Å². The quantitative estimate of drug-likeness (QED) is 0.756. The van der Waals surface area contributed by atoms with Crippen LogP contribution in [0.5, 0.6) is 0 Å². The van der Waals surface area contributed by atoms with Crippen LogP contribution < -0.4 is 5.32 Å². The first-order chi connectivity index (χ1) is 11.4. The molecule has 3 rings (SSSR count). The first-order valence-corrected chi connectivity index (χ1v) is 9.23.